The van der Waals surface area contributed by atoms with E-state index in [1.54, 1.807) is 18.7 Å². The molecule has 21 heavy (non-hydrogen) atoms. The van der Waals surface area contributed by atoms with Crippen LogP contribution >= 0.6 is 0 Å². The zero-order valence-electron chi connectivity index (χ0n) is 14.0. The summed E-state index contributed by atoms with van der Waals surface area (Å²) in [6, 6.07) is 0. The van der Waals surface area contributed by atoms with E-state index in [0.29, 0.717) is 35.3 Å². The van der Waals surface area contributed by atoms with Gasteiger partial charge in [-0.1, -0.05) is 20.3 Å². The number of aryl methyl sites for hydroxylation is 1. The van der Waals surface area contributed by atoms with Crippen LogP contribution in [0, 0.1) is 19.8 Å². The average Bonchev–Trinajstić information content (AvgIpc) is 2.71. The molecule has 0 saturated heterocycles. The first-order valence-electron chi connectivity index (χ1n) is 7.40. The van der Waals surface area contributed by atoms with Crippen LogP contribution in [0.3, 0.4) is 0 Å². The summed E-state index contributed by atoms with van der Waals surface area (Å²) in [6.45, 7) is 9.64. The smallest absolute Gasteiger partial charge is 0.246 e. The SMILES string of the molecule is CCC(C)CN(C)S(=O)(=O)c1c(C)nn(CCNC)c1C. The van der Waals surface area contributed by atoms with E-state index < -0.39 is 10.0 Å². The third-order valence-corrected chi connectivity index (χ3v) is 5.90. The topological polar surface area (TPSA) is 67.2 Å². The molecule has 0 radical (unpaired) electrons. The molecule has 1 atom stereocenters. The molecule has 0 fully saturated rings. The second-order valence-electron chi connectivity index (χ2n) is 5.63. The van der Waals surface area contributed by atoms with Crippen molar-refractivity contribution in [2.45, 2.75) is 45.6 Å². The van der Waals surface area contributed by atoms with Gasteiger partial charge in [0, 0.05) is 20.1 Å². The molecule has 0 saturated carbocycles. The van der Waals surface area contributed by atoms with E-state index in [1.165, 1.54) is 4.31 Å². The first-order chi connectivity index (χ1) is 9.75. The van der Waals surface area contributed by atoms with Crippen molar-refractivity contribution in [3.8, 4) is 0 Å². The molecule has 0 aromatic carbocycles. The van der Waals surface area contributed by atoms with Crippen LogP contribution in [0.15, 0.2) is 4.90 Å². The van der Waals surface area contributed by atoms with Crippen LogP contribution in [0.4, 0.5) is 0 Å². The van der Waals surface area contributed by atoms with Gasteiger partial charge in [-0.15, -0.1) is 0 Å². The van der Waals surface area contributed by atoms with E-state index in [0.717, 1.165) is 13.0 Å². The van der Waals surface area contributed by atoms with Gasteiger partial charge in [0.2, 0.25) is 10.0 Å². The van der Waals surface area contributed by atoms with E-state index in [9.17, 15) is 8.42 Å². The molecule has 1 heterocycles. The molecule has 6 nitrogen and oxygen atoms in total. The number of nitrogens with one attached hydrogen (secondary N) is 1. The second kappa shape index (κ2) is 7.38. The molecule has 7 heteroatoms. The van der Waals surface area contributed by atoms with Crippen molar-refractivity contribution in [1.82, 2.24) is 19.4 Å². The first kappa shape index (κ1) is 18.1. The van der Waals surface area contributed by atoms with E-state index in [1.807, 2.05) is 14.0 Å². The van der Waals surface area contributed by atoms with Crippen LogP contribution in [0.5, 0.6) is 0 Å². The maximum Gasteiger partial charge on any atom is 0.246 e. The summed E-state index contributed by atoms with van der Waals surface area (Å²) in [5.74, 6) is 0.338. The molecule has 1 N–H and O–H groups in total. The largest absolute Gasteiger partial charge is 0.318 e. The van der Waals surface area contributed by atoms with Gasteiger partial charge < -0.3 is 5.32 Å². The molecule has 1 aromatic rings. The summed E-state index contributed by atoms with van der Waals surface area (Å²) >= 11 is 0. The van der Waals surface area contributed by atoms with Crippen LogP contribution in [0.2, 0.25) is 0 Å². The highest BCUT2D eigenvalue weighted by Gasteiger charge is 2.29. The summed E-state index contributed by atoms with van der Waals surface area (Å²) in [7, 11) is 0.0284. The maximum absolute atomic E-state index is 12.8. The molecule has 1 rings (SSSR count). The van der Waals surface area contributed by atoms with Gasteiger partial charge in [0.25, 0.3) is 0 Å². The Hall–Kier alpha value is -0.920. The van der Waals surface area contributed by atoms with Gasteiger partial charge in [-0.25, -0.2) is 12.7 Å². The van der Waals surface area contributed by atoms with Crippen molar-refractivity contribution >= 4 is 10.0 Å². The molecular weight excluding hydrogens is 288 g/mol. The Bertz CT molecular complexity index is 566. The molecule has 0 spiro atoms. The van der Waals surface area contributed by atoms with Crippen LogP contribution in [-0.4, -0.2) is 49.7 Å². The van der Waals surface area contributed by atoms with Crippen LogP contribution in [0.25, 0.3) is 0 Å². The fraction of sp³-hybridized carbons (Fsp3) is 0.786. The Kier molecular flexibility index (Phi) is 6.37. The lowest BCUT2D eigenvalue weighted by molar-refractivity contribution is 0.393. The lowest BCUT2D eigenvalue weighted by Gasteiger charge is -2.20. The molecule has 0 bridgehead atoms. The Balaban J connectivity index is 3.11. The monoisotopic (exact) mass is 316 g/mol. The minimum absolute atomic E-state index is 0.338. The zero-order valence-corrected chi connectivity index (χ0v) is 14.8. The number of hydrogen-bond donors (Lipinski definition) is 1. The summed E-state index contributed by atoms with van der Waals surface area (Å²) < 4.78 is 28.7. The van der Waals surface area contributed by atoms with Crippen molar-refractivity contribution in [2.75, 3.05) is 27.2 Å². The Morgan fingerprint density at radius 1 is 1.38 bits per heavy atom. The minimum atomic E-state index is -3.48. The third kappa shape index (κ3) is 4.05. The number of aromatic nitrogens is 2. The molecule has 1 unspecified atom stereocenters. The van der Waals surface area contributed by atoms with Gasteiger partial charge >= 0.3 is 0 Å². The van der Waals surface area contributed by atoms with Crippen LogP contribution < -0.4 is 5.32 Å². The highest BCUT2D eigenvalue weighted by Crippen LogP contribution is 2.23. The predicted molar refractivity (Wildman–Crippen MR) is 84.9 cm³/mol. The summed E-state index contributed by atoms with van der Waals surface area (Å²) in [5.41, 5.74) is 1.28. The number of likely N-dealkylation sites (N-methyl/N-ethyl adjacent to an activating group) is 1. The Morgan fingerprint density at radius 3 is 2.52 bits per heavy atom. The molecule has 0 aliphatic carbocycles. The second-order valence-corrected chi connectivity index (χ2v) is 7.61. The van der Waals surface area contributed by atoms with Gasteiger partial charge in [-0.05, 0) is 26.8 Å². The van der Waals surface area contributed by atoms with Gasteiger partial charge in [0.05, 0.1) is 17.9 Å². The summed E-state index contributed by atoms with van der Waals surface area (Å²) in [4.78, 5) is 0.351. The average molecular weight is 316 g/mol. The Morgan fingerprint density at radius 2 is 2.00 bits per heavy atom. The molecule has 0 aliphatic heterocycles. The normalized spacial score (nSPS) is 13.9. The third-order valence-electron chi connectivity index (χ3n) is 3.82. The lowest BCUT2D eigenvalue weighted by Crippen LogP contribution is -2.31. The fourth-order valence-electron chi connectivity index (χ4n) is 2.31. The summed E-state index contributed by atoms with van der Waals surface area (Å²) in [5, 5.41) is 7.41. The van der Waals surface area contributed by atoms with Crippen molar-refractivity contribution in [1.29, 1.82) is 0 Å². The van der Waals surface area contributed by atoms with E-state index >= 15 is 0 Å². The number of rotatable bonds is 8. The van der Waals surface area contributed by atoms with E-state index in [-0.39, 0.29) is 0 Å². The molecule has 0 aliphatic rings. The van der Waals surface area contributed by atoms with Crippen molar-refractivity contribution in [2.24, 2.45) is 5.92 Å². The first-order valence-corrected chi connectivity index (χ1v) is 8.84. The minimum Gasteiger partial charge on any atom is -0.318 e. The number of hydrogen-bond acceptors (Lipinski definition) is 4. The van der Waals surface area contributed by atoms with Crippen molar-refractivity contribution in [3.63, 3.8) is 0 Å². The zero-order chi connectivity index (χ0) is 16.2. The molecule has 0 amide bonds. The molecular formula is C14H28N4O2S. The lowest BCUT2D eigenvalue weighted by atomic mass is 10.1. The maximum atomic E-state index is 12.8. The number of sulfonamides is 1. The molecule has 122 valence electrons. The predicted octanol–water partition coefficient (Wildman–Crippen LogP) is 1.39. The number of nitrogens with zero attached hydrogens (tertiary/aromatic N) is 3. The van der Waals surface area contributed by atoms with Gasteiger partial charge in [-0.3, -0.25) is 4.68 Å². The van der Waals surface area contributed by atoms with Crippen molar-refractivity contribution in [3.05, 3.63) is 11.4 Å². The van der Waals surface area contributed by atoms with Crippen molar-refractivity contribution < 1.29 is 8.42 Å². The highest BCUT2D eigenvalue weighted by molar-refractivity contribution is 7.89. The highest BCUT2D eigenvalue weighted by atomic mass is 32.2. The van der Waals surface area contributed by atoms with Crippen LogP contribution in [-0.2, 0) is 16.6 Å². The van der Waals surface area contributed by atoms with E-state index in [2.05, 4.69) is 24.3 Å². The van der Waals surface area contributed by atoms with Gasteiger partial charge in [0.1, 0.15) is 4.90 Å². The van der Waals surface area contributed by atoms with Crippen LogP contribution in [0.1, 0.15) is 31.7 Å². The Labute approximate surface area is 128 Å². The van der Waals surface area contributed by atoms with Gasteiger partial charge in [0.15, 0.2) is 0 Å². The quantitative estimate of drug-likeness (QED) is 0.787. The standard InChI is InChI=1S/C14H28N4O2S/c1-7-11(2)10-17(6)21(19,20)14-12(3)16-18(13(14)4)9-8-15-5/h11,15H,7-10H2,1-6H3. The fourth-order valence-corrected chi connectivity index (χ4v) is 3.97. The molecule has 1 aromatic heterocycles. The van der Waals surface area contributed by atoms with Gasteiger partial charge in [-0.2, -0.15) is 5.10 Å². The summed E-state index contributed by atoms with van der Waals surface area (Å²) in [6.07, 6.45) is 0.958. The van der Waals surface area contributed by atoms with E-state index in [4.69, 9.17) is 0 Å².